The fourth-order valence-corrected chi connectivity index (χ4v) is 3.85. The number of hydrogen-bond acceptors (Lipinski definition) is 4. The highest BCUT2D eigenvalue weighted by Gasteiger charge is 2.20. The number of anilines is 2. The summed E-state index contributed by atoms with van der Waals surface area (Å²) in [6, 6.07) is 17.7. The van der Waals surface area contributed by atoms with Crippen LogP contribution in [0.15, 0.2) is 54.6 Å². The van der Waals surface area contributed by atoms with Gasteiger partial charge in [-0.25, -0.2) is 0 Å². The second kappa shape index (κ2) is 7.98. The van der Waals surface area contributed by atoms with Gasteiger partial charge in [0, 0.05) is 37.3 Å². The molecule has 1 aliphatic rings. The van der Waals surface area contributed by atoms with Crippen LogP contribution in [0, 0.1) is 6.92 Å². The summed E-state index contributed by atoms with van der Waals surface area (Å²) in [5.74, 6) is -0.0960. The Kier molecular flexibility index (Phi) is 5.26. The van der Waals surface area contributed by atoms with E-state index in [9.17, 15) is 4.79 Å². The molecule has 0 spiro atoms. The van der Waals surface area contributed by atoms with Gasteiger partial charge < -0.3 is 15.1 Å². The minimum atomic E-state index is -0.0960. The third-order valence-electron chi connectivity index (χ3n) is 5.40. The lowest BCUT2D eigenvalue weighted by atomic mass is 10.1. The molecule has 2 heterocycles. The molecule has 2 aromatic carbocycles. The number of hydrogen-bond donors (Lipinski definition) is 1. The van der Waals surface area contributed by atoms with Crippen LogP contribution in [0.1, 0.15) is 23.0 Å². The standard InChI is InChI=1S/C23H26N4O/c1-3-26-12-14-27(15-13-26)22-11-7-6-10-21(22)25-23(28)19-16-17(2)24-20-9-5-4-8-18(19)20/h4-11,16H,3,12-15H2,1-2H3,(H,25,28). The van der Waals surface area contributed by atoms with Gasteiger partial charge in [-0.15, -0.1) is 0 Å². The molecule has 1 amide bonds. The Hall–Kier alpha value is -2.92. The maximum Gasteiger partial charge on any atom is 0.256 e. The summed E-state index contributed by atoms with van der Waals surface area (Å²) in [6.45, 7) is 9.24. The van der Waals surface area contributed by atoms with Gasteiger partial charge in [0.15, 0.2) is 0 Å². The van der Waals surface area contributed by atoms with E-state index in [-0.39, 0.29) is 5.91 Å². The number of carbonyl (C=O) groups excluding carboxylic acids is 1. The fraction of sp³-hybridized carbons (Fsp3) is 0.304. The van der Waals surface area contributed by atoms with Gasteiger partial charge in [-0.2, -0.15) is 0 Å². The Bertz CT molecular complexity index is 993. The Morgan fingerprint density at radius 3 is 2.54 bits per heavy atom. The van der Waals surface area contributed by atoms with Gasteiger partial charge in [0.25, 0.3) is 5.91 Å². The average Bonchev–Trinajstić information content (AvgIpc) is 2.73. The van der Waals surface area contributed by atoms with E-state index in [0.29, 0.717) is 5.56 Å². The molecular weight excluding hydrogens is 348 g/mol. The Morgan fingerprint density at radius 1 is 1.04 bits per heavy atom. The predicted octanol–water partition coefficient (Wildman–Crippen LogP) is 3.94. The molecule has 0 atom stereocenters. The number of rotatable bonds is 4. The van der Waals surface area contributed by atoms with Gasteiger partial charge in [-0.1, -0.05) is 37.3 Å². The predicted molar refractivity (Wildman–Crippen MR) is 115 cm³/mol. The molecule has 1 N–H and O–H groups in total. The van der Waals surface area contributed by atoms with E-state index in [1.54, 1.807) is 0 Å². The van der Waals surface area contributed by atoms with Gasteiger partial charge in [0.2, 0.25) is 0 Å². The zero-order chi connectivity index (χ0) is 19.5. The first kappa shape index (κ1) is 18.4. The second-order valence-electron chi connectivity index (χ2n) is 7.22. The van der Waals surface area contributed by atoms with Crippen molar-refractivity contribution in [2.24, 2.45) is 0 Å². The van der Waals surface area contributed by atoms with Gasteiger partial charge in [0.05, 0.1) is 22.5 Å². The first-order valence-corrected chi connectivity index (χ1v) is 9.90. The van der Waals surface area contributed by atoms with Crippen LogP contribution in [-0.4, -0.2) is 48.5 Å². The van der Waals surface area contributed by atoms with Crippen molar-refractivity contribution in [3.8, 4) is 0 Å². The SMILES string of the molecule is CCN1CCN(c2ccccc2NC(=O)c2cc(C)nc3ccccc23)CC1. The normalized spacial score (nSPS) is 15.0. The first-order valence-electron chi connectivity index (χ1n) is 9.90. The summed E-state index contributed by atoms with van der Waals surface area (Å²) < 4.78 is 0. The van der Waals surface area contributed by atoms with Gasteiger partial charge in [-0.3, -0.25) is 9.78 Å². The van der Waals surface area contributed by atoms with Crippen molar-refractivity contribution >= 4 is 28.2 Å². The van der Waals surface area contributed by atoms with Crippen LogP contribution in [0.4, 0.5) is 11.4 Å². The minimum Gasteiger partial charge on any atom is -0.367 e. The number of benzene rings is 2. The summed E-state index contributed by atoms with van der Waals surface area (Å²) in [7, 11) is 0. The molecule has 0 aliphatic carbocycles. The van der Waals surface area contributed by atoms with E-state index in [2.05, 4.69) is 33.1 Å². The lowest BCUT2D eigenvalue weighted by Gasteiger charge is -2.36. The maximum atomic E-state index is 13.1. The molecule has 0 saturated carbocycles. The molecular formula is C23H26N4O. The Morgan fingerprint density at radius 2 is 1.75 bits per heavy atom. The summed E-state index contributed by atoms with van der Waals surface area (Å²) in [4.78, 5) is 22.5. The zero-order valence-electron chi connectivity index (χ0n) is 16.5. The average molecular weight is 374 g/mol. The number of pyridine rings is 1. The van der Waals surface area contributed by atoms with Crippen molar-refractivity contribution in [3.05, 3.63) is 65.9 Å². The van der Waals surface area contributed by atoms with Crippen LogP contribution >= 0.6 is 0 Å². The van der Waals surface area contributed by atoms with Crippen molar-refractivity contribution in [2.45, 2.75) is 13.8 Å². The van der Waals surface area contributed by atoms with Crippen molar-refractivity contribution in [3.63, 3.8) is 0 Å². The summed E-state index contributed by atoms with van der Waals surface area (Å²) in [6.07, 6.45) is 0. The van der Waals surface area contributed by atoms with Crippen molar-refractivity contribution in [2.75, 3.05) is 42.9 Å². The second-order valence-corrected chi connectivity index (χ2v) is 7.22. The van der Waals surface area contributed by atoms with Crippen molar-refractivity contribution in [1.29, 1.82) is 0 Å². The highest BCUT2D eigenvalue weighted by molar-refractivity contribution is 6.13. The molecule has 5 heteroatoms. The number of amides is 1. The number of nitrogens with one attached hydrogen (secondary N) is 1. The van der Waals surface area contributed by atoms with Crippen LogP contribution in [0.2, 0.25) is 0 Å². The number of aromatic nitrogens is 1. The highest BCUT2D eigenvalue weighted by Crippen LogP contribution is 2.28. The number of nitrogens with zero attached hydrogens (tertiary/aromatic N) is 3. The van der Waals surface area contributed by atoms with Crippen LogP contribution in [-0.2, 0) is 0 Å². The number of fused-ring (bicyclic) bond motifs is 1. The van der Waals surface area contributed by atoms with Gasteiger partial charge >= 0.3 is 0 Å². The molecule has 0 unspecified atom stereocenters. The smallest absolute Gasteiger partial charge is 0.256 e. The number of aryl methyl sites for hydroxylation is 1. The lowest BCUT2D eigenvalue weighted by Crippen LogP contribution is -2.46. The molecule has 3 aromatic rings. The van der Waals surface area contributed by atoms with E-state index in [1.807, 2.05) is 55.5 Å². The molecule has 28 heavy (non-hydrogen) atoms. The van der Waals surface area contributed by atoms with E-state index in [1.165, 1.54) is 0 Å². The Labute approximate surface area is 166 Å². The van der Waals surface area contributed by atoms with Crippen LogP contribution in [0.5, 0.6) is 0 Å². The quantitative estimate of drug-likeness (QED) is 0.752. The van der Waals surface area contributed by atoms with E-state index >= 15 is 0 Å². The molecule has 144 valence electrons. The van der Waals surface area contributed by atoms with Gasteiger partial charge in [-0.05, 0) is 37.7 Å². The van der Waals surface area contributed by atoms with Gasteiger partial charge in [0.1, 0.15) is 0 Å². The number of para-hydroxylation sites is 3. The monoisotopic (exact) mass is 374 g/mol. The van der Waals surface area contributed by atoms with Crippen molar-refractivity contribution < 1.29 is 4.79 Å². The zero-order valence-corrected chi connectivity index (χ0v) is 16.5. The largest absolute Gasteiger partial charge is 0.367 e. The van der Waals surface area contributed by atoms with Crippen molar-refractivity contribution in [1.82, 2.24) is 9.88 Å². The molecule has 1 fully saturated rings. The lowest BCUT2D eigenvalue weighted by molar-refractivity contribution is 0.102. The Balaban J connectivity index is 1.61. The third-order valence-corrected chi connectivity index (χ3v) is 5.40. The first-order chi connectivity index (χ1) is 13.7. The number of likely N-dealkylation sites (N-methyl/N-ethyl adjacent to an activating group) is 1. The molecule has 1 aliphatic heterocycles. The van der Waals surface area contributed by atoms with Crippen LogP contribution in [0.25, 0.3) is 10.9 Å². The van der Waals surface area contributed by atoms with E-state index in [0.717, 1.165) is 60.7 Å². The van der Waals surface area contributed by atoms with E-state index in [4.69, 9.17) is 0 Å². The minimum absolute atomic E-state index is 0.0960. The topological polar surface area (TPSA) is 48.5 Å². The van der Waals surface area contributed by atoms with Crippen LogP contribution in [0.3, 0.4) is 0 Å². The molecule has 0 bridgehead atoms. The molecule has 5 nitrogen and oxygen atoms in total. The van der Waals surface area contributed by atoms with E-state index < -0.39 is 0 Å². The molecule has 4 rings (SSSR count). The summed E-state index contributed by atoms with van der Waals surface area (Å²) in [5.41, 5.74) is 4.29. The molecule has 0 radical (unpaired) electrons. The maximum absolute atomic E-state index is 13.1. The summed E-state index contributed by atoms with van der Waals surface area (Å²) in [5, 5.41) is 4.02. The third kappa shape index (κ3) is 3.71. The molecule has 1 aromatic heterocycles. The highest BCUT2D eigenvalue weighted by atomic mass is 16.1. The number of piperazine rings is 1. The fourth-order valence-electron chi connectivity index (χ4n) is 3.85. The van der Waals surface area contributed by atoms with Crippen LogP contribution < -0.4 is 10.2 Å². The molecule has 1 saturated heterocycles. The summed E-state index contributed by atoms with van der Waals surface area (Å²) >= 11 is 0. The number of carbonyl (C=O) groups is 1.